The van der Waals surface area contributed by atoms with Crippen molar-refractivity contribution in [3.63, 3.8) is 0 Å². The first-order valence-corrected chi connectivity index (χ1v) is 41.9. The van der Waals surface area contributed by atoms with E-state index in [1.165, 1.54) is 186 Å². The molecule has 19 heteroatoms. The van der Waals surface area contributed by atoms with Crippen molar-refractivity contribution in [1.82, 2.24) is 0 Å². The van der Waals surface area contributed by atoms with Gasteiger partial charge in [0.1, 0.15) is 19.3 Å². The van der Waals surface area contributed by atoms with Crippen molar-refractivity contribution in [3.05, 3.63) is 0 Å². The van der Waals surface area contributed by atoms with Gasteiger partial charge in [0.15, 0.2) is 12.2 Å². The number of esters is 4. The highest BCUT2D eigenvalue weighted by atomic mass is 31.2. The predicted molar refractivity (Wildman–Crippen MR) is 381 cm³/mol. The smallest absolute Gasteiger partial charge is 0.462 e. The SMILES string of the molecule is CCCCCCCCCCC(=O)OC[C@H](COP(=O)(O)OC[C@H](O)COP(=O)(O)OC[C@@H](COC(=O)CCCCCCCCCCCCC(C)CC)OC(=O)CCCCCCCCCCCCCCCCCCCCC(C)C)OC(=O)CCCCCCCCCCC(C)C. The van der Waals surface area contributed by atoms with Gasteiger partial charge in [0.05, 0.1) is 26.4 Å². The fraction of sp³-hybridized carbons (Fsp3) is 0.947. The topological polar surface area (TPSA) is 237 Å². The minimum Gasteiger partial charge on any atom is -0.462 e. The van der Waals surface area contributed by atoms with Gasteiger partial charge in [-0.3, -0.25) is 37.3 Å². The molecule has 0 saturated heterocycles. The zero-order valence-electron chi connectivity index (χ0n) is 61.4. The summed E-state index contributed by atoms with van der Waals surface area (Å²) in [7, 11) is -9.91. The van der Waals surface area contributed by atoms with E-state index >= 15 is 0 Å². The number of ether oxygens (including phenoxy) is 4. The lowest BCUT2D eigenvalue weighted by Crippen LogP contribution is -2.30. The maximum absolute atomic E-state index is 13.1. The molecule has 0 bridgehead atoms. The quantitative estimate of drug-likeness (QED) is 0.0222. The number of aliphatic hydroxyl groups is 1. The Morgan fingerprint density at radius 3 is 0.809 bits per heavy atom. The van der Waals surface area contributed by atoms with Crippen molar-refractivity contribution in [2.75, 3.05) is 39.6 Å². The van der Waals surface area contributed by atoms with Crippen LogP contribution in [0.5, 0.6) is 0 Å². The van der Waals surface area contributed by atoms with Crippen LogP contribution in [-0.4, -0.2) is 96.7 Å². The van der Waals surface area contributed by atoms with Crippen molar-refractivity contribution in [1.29, 1.82) is 0 Å². The van der Waals surface area contributed by atoms with Crippen LogP contribution in [0.15, 0.2) is 0 Å². The highest BCUT2D eigenvalue weighted by Gasteiger charge is 2.30. The largest absolute Gasteiger partial charge is 0.472 e. The molecule has 0 heterocycles. The monoisotopic (exact) mass is 1380 g/mol. The van der Waals surface area contributed by atoms with Crippen molar-refractivity contribution in [2.45, 2.75) is 401 Å². The van der Waals surface area contributed by atoms with E-state index in [-0.39, 0.29) is 25.7 Å². The van der Waals surface area contributed by atoms with E-state index < -0.39 is 97.5 Å². The molecule has 0 aromatic rings. The number of carbonyl (C=O) groups is 4. The number of unbranched alkanes of at least 4 members (excludes halogenated alkanes) is 40. The van der Waals surface area contributed by atoms with E-state index in [9.17, 15) is 43.2 Å². The second-order valence-electron chi connectivity index (χ2n) is 28.2. The van der Waals surface area contributed by atoms with Crippen molar-refractivity contribution < 1.29 is 80.2 Å². The first kappa shape index (κ1) is 92.1. The first-order valence-electron chi connectivity index (χ1n) is 38.9. The number of rotatable bonds is 73. The number of aliphatic hydroxyl groups excluding tert-OH is 1. The minimum absolute atomic E-state index is 0.104. The molecule has 0 fully saturated rings. The predicted octanol–water partition coefficient (Wildman–Crippen LogP) is 21.8. The zero-order valence-corrected chi connectivity index (χ0v) is 63.2. The van der Waals surface area contributed by atoms with Crippen molar-refractivity contribution >= 4 is 39.5 Å². The summed E-state index contributed by atoms with van der Waals surface area (Å²) in [6.07, 6.45) is 51.5. The lowest BCUT2D eigenvalue weighted by molar-refractivity contribution is -0.161. The summed E-state index contributed by atoms with van der Waals surface area (Å²) in [5.41, 5.74) is 0. The highest BCUT2D eigenvalue weighted by molar-refractivity contribution is 7.47. The Balaban J connectivity index is 5.18. The summed E-state index contributed by atoms with van der Waals surface area (Å²) in [6.45, 7) is 11.9. The number of hydrogen-bond acceptors (Lipinski definition) is 15. The zero-order chi connectivity index (χ0) is 69.4. The maximum atomic E-state index is 13.1. The Morgan fingerprint density at radius 2 is 0.543 bits per heavy atom. The summed E-state index contributed by atoms with van der Waals surface area (Å²) < 4.78 is 68.4. The molecule has 0 aliphatic heterocycles. The van der Waals surface area contributed by atoms with Gasteiger partial charge in [0.25, 0.3) is 0 Å². The number of hydrogen-bond donors (Lipinski definition) is 3. The molecule has 94 heavy (non-hydrogen) atoms. The molecular weight excluding hydrogens is 1230 g/mol. The molecule has 6 atom stereocenters. The Hall–Kier alpha value is -1.94. The molecule has 0 aliphatic carbocycles. The maximum Gasteiger partial charge on any atom is 0.472 e. The van der Waals surface area contributed by atoms with E-state index in [1.807, 2.05) is 0 Å². The first-order chi connectivity index (χ1) is 45.3. The van der Waals surface area contributed by atoms with E-state index in [1.54, 1.807) is 0 Å². The van der Waals surface area contributed by atoms with Gasteiger partial charge in [0.2, 0.25) is 0 Å². The summed E-state index contributed by atoms with van der Waals surface area (Å²) in [4.78, 5) is 72.6. The van der Waals surface area contributed by atoms with Gasteiger partial charge in [-0.2, -0.15) is 0 Å². The molecule has 3 N–H and O–H groups in total. The second kappa shape index (κ2) is 65.7. The Bertz CT molecular complexity index is 1840. The molecule has 0 aromatic heterocycles. The van der Waals surface area contributed by atoms with Gasteiger partial charge < -0.3 is 33.8 Å². The lowest BCUT2D eigenvalue weighted by Gasteiger charge is -2.21. The molecule has 0 aliphatic rings. The third-order valence-electron chi connectivity index (χ3n) is 17.7. The molecule has 0 rings (SSSR count). The van der Waals surface area contributed by atoms with Crippen LogP contribution in [-0.2, 0) is 65.4 Å². The van der Waals surface area contributed by atoms with Crippen LogP contribution < -0.4 is 0 Å². The fourth-order valence-electron chi connectivity index (χ4n) is 11.4. The molecule has 0 saturated carbocycles. The van der Waals surface area contributed by atoms with Crippen LogP contribution in [0.3, 0.4) is 0 Å². The van der Waals surface area contributed by atoms with Gasteiger partial charge in [0, 0.05) is 25.7 Å². The summed E-state index contributed by atoms with van der Waals surface area (Å²) in [5.74, 6) is 0.224. The highest BCUT2D eigenvalue weighted by Crippen LogP contribution is 2.45. The molecule has 0 radical (unpaired) electrons. The van der Waals surface area contributed by atoms with Crippen LogP contribution in [0, 0.1) is 17.8 Å². The van der Waals surface area contributed by atoms with E-state index in [4.69, 9.17) is 37.0 Å². The number of phosphoric acid groups is 2. The molecule has 17 nitrogen and oxygen atoms in total. The van der Waals surface area contributed by atoms with Crippen LogP contribution >= 0.6 is 15.6 Å². The Kier molecular flexibility index (Phi) is 64.3. The summed E-state index contributed by atoms with van der Waals surface area (Å²) in [5, 5.41) is 10.6. The third kappa shape index (κ3) is 67.3. The standard InChI is InChI=1S/C75H146O17P2/c1-8-10-11-12-13-35-42-49-56-72(77)85-62-70(92-75(80)59-52-45-38-31-30-33-40-47-54-67(5)6)64-89-93(81,82)87-60-69(76)61-88-94(83,84)90-65-71(63-86-73(78)57-50-43-36-28-25-24-27-34-41-48-55-68(7)9-2)91-74(79)58-51-44-37-29-23-21-19-17-15-14-16-18-20-22-26-32-39-46-53-66(3)4/h66-71,76H,8-65H2,1-7H3,(H,81,82)(H,83,84)/t68?,69-,70+,71+/m0/s1. The Labute approximate surface area is 575 Å². The average molecular weight is 1380 g/mol. The Morgan fingerprint density at radius 1 is 0.309 bits per heavy atom. The number of phosphoric ester groups is 2. The third-order valence-corrected chi connectivity index (χ3v) is 19.6. The molecular formula is C75H146O17P2. The van der Waals surface area contributed by atoms with E-state index in [0.29, 0.717) is 25.7 Å². The van der Waals surface area contributed by atoms with Gasteiger partial charge in [-0.05, 0) is 43.4 Å². The lowest BCUT2D eigenvalue weighted by atomic mass is 9.99. The molecule has 0 amide bonds. The summed E-state index contributed by atoms with van der Waals surface area (Å²) >= 11 is 0. The van der Waals surface area contributed by atoms with Crippen LogP contribution in [0.1, 0.15) is 382 Å². The van der Waals surface area contributed by atoms with Crippen LogP contribution in [0.4, 0.5) is 0 Å². The van der Waals surface area contributed by atoms with Crippen LogP contribution in [0.2, 0.25) is 0 Å². The van der Waals surface area contributed by atoms with Gasteiger partial charge in [-0.25, -0.2) is 9.13 Å². The van der Waals surface area contributed by atoms with Crippen LogP contribution in [0.25, 0.3) is 0 Å². The van der Waals surface area contributed by atoms with Gasteiger partial charge in [-0.1, -0.05) is 331 Å². The fourth-order valence-corrected chi connectivity index (χ4v) is 13.0. The van der Waals surface area contributed by atoms with Gasteiger partial charge >= 0.3 is 39.5 Å². The van der Waals surface area contributed by atoms with Gasteiger partial charge in [-0.15, -0.1) is 0 Å². The molecule has 0 aromatic carbocycles. The second-order valence-corrected chi connectivity index (χ2v) is 31.1. The van der Waals surface area contributed by atoms with E-state index in [0.717, 1.165) is 114 Å². The minimum atomic E-state index is -4.96. The van der Waals surface area contributed by atoms with Crippen molar-refractivity contribution in [3.8, 4) is 0 Å². The molecule has 0 spiro atoms. The summed E-state index contributed by atoms with van der Waals surface area (Å²) in [6, 6.07) is 0. The van der Waals surface area contributed by atoms with Crippen molar-refractivity contribution in [2.24, 2.45) is 17.8 Å². The molecule has 558 valence electrons. The molecule has 3 unspecified atom stereocenters. The average Bonchev–Trinajstić information content (AvgIpc) is 1.55. The number of carbonyl (C=O) groups excluding carboxylic acids is 4. The van der Waals surface area contributed by atoms with E-state index in [2.05, 4.69) is 48.5 Å². The normalized spacial score (nSPS) is 14.4.